The molecule has 6 nitrogen and oxygen atoms in total. The van der Waals surface area contributed by atoms with Crippen LogP contribution in [0.4, 0.5) is 5.13 Å². The van der Waals surface area contributed by atoms with E-state index in [-0.39, 0.29) is 10.8 Å². The molecule has 0 atom stereocenters. The molecule has 4 aromatic rings. The summed E-state index contributed by atoms with van der Waals surface area (Å²) >= 11 is 8.11. The highest BCUT2D eigenvalue weighted by atomic mass is 35.5. The molecule has 28 heavy (non-hydrogen) atoms. The van der Waals surface area contributed by atoms with Gasteiger partial charge in [-0.1, -0.05) is 53.3 Å². The van der Waals surface area contributed by atoms with E-state index in [1.807, 2.05) is 36.4 Å². The topological polar surface area (TPSA) is 79.4 Å². The summed E-state index contributed by atoms with van der Waals surface area (Å²) < 4.78 is 27.4. The molecule has 2 aromatic heterocycles. The Hall–Kier alpha value is -2.04. The Morgan fingerprint density at radius 1 is 1.14 bits per heavy atom. The molecule has 0 aliphatic carbocycles. The van der Waals surface area contributed by atoms with Crippen molar-refractivity contribution >= 4 is 76.3 Å². The second kappa shape index (κ2) is 7.41. The lowest BCUT2D eigenvalue weighted by Crippen LogP contribution is -2.34. The summed E-state index contributed by atoms with van der Waals surface area (Å²) in [4.78, 5) is 16.9. The normalized spacial score (nSPS) is 12.1. The fourth-order valence-electron chi connectivity index (χ4n) is 2.75. The Morgan fingerprint density at radius 3 is 2.68 bits per heavy atom. The molecule has 144 valence electrons. The van der Waals surface area contributed by atoms with Crippen molar-refractivity contribution in [2.45, 2.75) is 4.21 Å². The standard InChI is InChI=1S/C18H14ClN3O3S3/c1-22(28(24,25)16-9-8-14(19)27-16)10-15(23)20-18-21-17-12-5-3-2-4-11(12)6-7-13(17)26-18/h2-9H,10H2,1H3,(H,20,21,23). The summed E-state index contributed by atoms with van der Waals surface area (Å²) in [5.74, 6) is -0.461. The number of fused-ring (bicyclic) bond motifs is 3. The van der Waals surface area contributed by atoms with Crippen molar-refractivity contribution in [3.8, 4) is 0 Å². The number of nitrogens with zero attached hydrogens (tertiary/aromatic N) is 2. The second-order valence-electron chi connectivity index (χ2n) is 6.02. The highest BCUT2D eigenvalue weighted by Gasteiger charge is 2.25. The number of carbonyl (C=O) groups is 1. The number of anilines is 1. The van der Waals surface area contributed by atoms with Crippen LogP contribution in [0.5, 0.6) is 0 Å². The molecule has 2 aromatic carbocycles. The zero-order valence-corrected chi connectivity index (χ0v) is 17.8. The monoisotopic (exact) mass is 451 g/mol. The minimum absolute atomic E-state index is 0.0965. The van der Waals surface area contributed by atoms with Crippen molar-refractivity contribution in [1.82, 2.24) is 9.29 Å². The van der Waals surface area contributed by atoms with Crippen molar-refractivity contribution in [3.63, 3.8) is 0 Å². The van der Waals surface area contributed by atoms with Gasteiger partial charge in [-0.05, 0) is 23.6 Å². The van der Waals surface area contributed by atoms with E-state index in [4.69, 9.17) is 11.6 Å². The van der Waals surface area contributed by atoms with Gasteiger partial charge in [0.1, 0.15) is 4.21 Å². The molecule has 4 rings (SSSR count). The third kappa shape index (κ3) is 3.63. The third-order valence-electron chi connectivity index (χ3n) is 4.11. The maximum absolute atomic E-state index is 12.5. The van der Waals surface area contributed by atoms with Crippen LogP contribution in [0.1, 0.15) is 0 Å². The highest BCUT2D eigenvalue weighted by molar-refractivity contribution is 7.91. The lowest BCUT2D eigenvalue weighted by atomic mass is 10.1. The maximum Gasteiger partial charge on any atom is 0.252 e. The van der Waals surface area contributed by atoms with Gasteiger partial charge >= 0.3 is 0 Å². The second-order valence-corrected chi connectivity index (χ2v) is 11.0. The molecule has 0 fully saturated rings. The SMILES string of the molecule is CN(CC(=O)Nc1nc2c(ccc3ccccc32)s1)S(=O)(=O)c1ccc(Cl)s1. The maximum atomic E-state index is 12.5. The van der Waals surface area contributed by atoms with E-state index in [9.17, 15) is 13.2 Å². The molecule has 0 bridgehead atoms. The van der Waals surface area contributed by atoms with E-state index >= 15 is 0 Å². The first-order valence-corrected chi connectivity index (χ1v) is 11.6. The van der Waals surface area contributed by atoms with E-state index in [0.717, 1.165) is 36.6 Å². The average molecular weight is 452 g/mol. The van der Waals surface area contributed by atoms with Gasteiger partial charge in [-0.2, -0.15) is 4.31 Å². The number of halogens is 1. The third-order valence-corrected chi connectivity index (χ3v) is 8.55. The number of amides is 1. The van der Waals surface area contributed by atoms with Crippen LogP contribution in [-0.2, 0) is 14.8 Å². The quantitative estimate of drug-likeness (QED) is 0.487. The van der Waals surface area contributed by atoms with Gasteiger partial charge in [0.25, 0.3) is 10.0 Å². The molecule has 1 amide bonds. The number of hydrogen-bond donors (Lipinski definition) is 1. The van der Waals surface area contributed by atoms with Gasteiger partial charge in [0.05, 0.1) is 21.1 Å². The first kappa shape index (κ1) is 19.3. The Balaban J connectivity index is 1.53. The highest BCUT2D eigenvalue weighted by Crippen LogP contribution is 2.32. The molecule has 0 aliphatic rings. The number of likely N-dealkylation sites (N-methyl/N-ethyl adjacent to an activating group) is 1. The molecule has 0 saturated heterocycles. The summed E-state index contributed by atoms with van der Waals surface area (Å²) in [6, 6.07) is 14.8. The van der Waals surface area contributed by atoms with Crippen LogP contribution in [0.25, 0.3) is 21.0 Å². The lowest BCUT2D eigenvalue weighted by Gasteiger charge is -2.14. The van der Waals surface area contributed by atoms with Crippen LogP contribution < -0.4 is 5.32 Å². The molecular formula is C18H14ClN3O3S3. The van der Waals surface area contributed by atoms with E-state index in [1.165, 1.54) is 30.5 Å². The molecular weight excluding hydrogens is 438 g/mol. The van der Waals surface area contributed by atoms with Crippen molar-refractivity contribution < 1.29 is 13.2 Å². The smallest absolute Gasteiger partial charge is 0.252 e. The Kier molecular flexibility index (Phi) is 5.11. The number of benzene rings is 2. The Morgan fingerprint density at radius 2 is 1.93 bits per heavy atom. The van der Waals surface area contributed by atoms with E-state index in [2.05, 4.69) is 10.3 Å². The molecule has 0 saturated carbocycles. The predicted molar refractivity (Wildman–Crippen MR) is 115 cm³/mol. The van der Waals surface area contributed by atoms with E-state index in [1.54, 1.807) is 0 Å². The molecule has 10 heteroatoms. The fraction of sp³-hybridized carbons (Fsp3) is 0.111. The van der Waals surface area contributed by atoms with Crippen molar-refractivity contribution in [3.05, 3.63) is 52.9 Å². The van der Waals surface area contributed by atoms with Gasteiger partial charge < -0.3 is 5.32 Å². The van der Waals surface area contributed by atoms with Gasteiger partial charge in [0.2, 0.25) is 5.91 Å². The van der Waals surface area contributed by atoms with Crippen LogP contribution in [-0.4, -0.2) is 37.2 Å². The lowest BCUT2D eigenvalue weighted by molar-refractivity contribution is -0.116. The van der Waals surface area contributed by atoms with Crippen molar-refractivity contribution in [2.24, 2.45) is 0 Å². The van der Waals surface area contributed by atoms with Gasteiger partial charge in [-0.25, -0.2) is 13.4 Å². The summed E-state index contributed by atoms with van der Waals surface area (Å²) in [6.45, 7) is -0.325. The summed E-state index contributed by atoms with van der Waals surface area (Å²) in [5, 5.41) is 5.20. The number of thiazole rings is 1. The molecule has 0 unspecified atom stereocenters. The molecule has 2 heterocycles. The van der Waals surface area contributed by atoms with Crippen molar-refractivity contribution in [1.29, 1.82) is 0 Å². The summed E-state index contributed by atoms with van der Waals surface area (Å²) in [7, 11) is -2.41. The number of sulfonamides is 1. The summed E-state index contributed by atoms with van der Waals surface area (Å²) in [5.41, 5.74) is 0.813. The number of carbonyl (C=O) groups excluding carboxylic acids is 1. The zero-order valence-electron chi connectivity index (χ0n) is 14.5. The molecule has 0 aliphatic heterocycles. The van der Waals surface area contributed by atoms with Gasteiger partial charge in [0, 0.05) is 12.4 Å². The number of rotatable bonds is 5. The van der Waals surface area contributed by atoms with Crippen molar-refractivity contribution in [2.75, 3.05) is 18.9 Å². The average Bonchev–Trinajstić information content (AvgIpc) is 3.27. The van der Waals surface area contributed by atoms with Crippen LogP contribution in [0.3, 0.4) is 0 Å². The molecule has 0 radical (unpaired) electrons. The van der Waals surface area contributed by atoms with Crippen LogP contribution in [0.15, 0.2) is 52.7 Å². The number of aromatic nitrogens is 1. The van der Waals surface area contributed by atoms with Crippen LogP contribution in [0.2, 0.25) is 4.34 Å². The minimum atomic E-state index is -3.77. The number of thiophene rings is 1. The Labute approximate surface area is 174 Å². The predicted octanol–water partition coefficient (Wildman–Crippen LogP) is 4.42. The van der Waals surface area contributed by atoms with Crippen LogP contribution >= 0.6 is 34.3 Å². The van der Waals surface area contributed by atoms with Crippen LogP contribution in [0, 0.1) is 0 Å². The van der Waals surface area contributed by atoms with Gasteiger partial charge in [-0.15, -0.1) is 11.3 Å². The number of nitrogens with one attached hydrogen (secondary N) is 1. The largest absolute Gasteiger partial charge is 0.301 e. The number of hydrogen-bond acceptors (Lipinski definition) is 6. The minimum Gasteiger partial charge on any atom is -0.301 e. The molecule has 1 N–H and O–H groups in total. The van der Waals surface area contributed by atoms with Gasteiger partial charge in [-0.3, -0.25) is 4.79 Å². The van der Waals surface area contributed by atoms with Gasteiger partial charge in [0.15, 0.2) is 5.13 Å². The fourth-order valence-corrected chi connectivity index (χ4v) is 6.47. The first-order valence-electron chi connectivity index (χ1n) is 8.14. The van der Waals surface area contributed by atoms with E-state index < -0.39 is 15.9 Å². The zero-order chi connectivity index (χ0) is 19.9. The first-order chi connectivity index (χ1) is 13.3. The summed E-state index contributed by atoms with van der Waals surface area (Å²) in [6.07, 6.45) is 0. The molecule has 0 spiro atoms. The Bertz CT molecular complexity index is 1300. The van der Waals surface area contributed by atoms with E-state index in [0.29, 0.717) is 9.47 Å².